The van der Waals surface area contributed by atoms with Crippen LogP contribution in [0.2, 0.25) is 10.0 Å². The van der Waals surface area contributed by atoms with Gasteiger partial charge >= 0.3 is 0 Å². The Morgan fingerprint density at radius 1 is 1.22 bits per heavy atom. The maximum absolute atomic E-state index is 12.0. The molecule has 1 amide bonds. The number of rotatable bonds is 7. The van der Waals surface area contributed by atoms with Crippen molar-refractivity contribution in [1.29, 1.82) is 0 Å². The Balaban J connectivity index is 1.97. The Morgan fingerprint density at radius 3 is 2.78 bits per heavy atom. The van der Waals surface area contributed by atoms with Gasteiger partial charge in [-0.05, 0) is 36.8 Å². The molecule has 0 spiro atoms. The molecule has 2 heterocycles. The molecule has 1 N–H and O–H groups in total. The largest absolute Gasteiger partial charge is 0.355 e. The summed E-state index contributed by atoms with van der Waals surface area (Å²) in [7, 11) is 0. The van der Waals surface area contributed by atoms with E-state index >= 15 is 0 Å². The van der Waals surface area contributed by atoms with E-state index in [4.69, 9.17) is 23.2 Å². The lowest BCUT2D eigenvalue weighted by atomic mass is 10.2. The van der Waals surface area contributed by atoms with Gasteiger partial charge in [-0.1, -0.05) is 41.9 Å². The third-order valence-corrected chi connectivity index (χ3v) is 5.29. The molecular weight excluding hydrogens is 405 g/mol. The number of benzene rings is 1. The summed E-state index contributed by atoms with van der Waals surface area (Å²) >= 11 is 13.6. The number of amides is 1. The zero-order valence-corrected chi connectivity index (χ0v) is 16.9. The van der Waals surface area contributed by atoms with E-state index < -0.39 is 0 Å². The molecule has 0 aliphatic rings. The van der Waals surface area contributed by atoms with Crippen molar-refractivity contribution >= 4 is 40.9 Å². The van der Waals surface area contributed by atoms with E-state index in [9.17, 15) is 4.79 Å². The predicted molar refractivity (Wildman–Crippen MR) is 109 cm³/mol. The number of carbonyl (C=O) groups is 1. The van der Waals surface area contributed by atoms with Gasteiger partial charge in [-0.15, -0.1) is 10.2 Å². The zero-order chi connectivity index (χ0) is 19.2. The van der Waals surface area contributed by atoms with Gasteiger partial charge in [-0.3, -0.25) is 14.3 Å². The van der Waals surface area contributed by atoms with Crippen LogP contribution >= 0.6 is 35.0 Å². The molecule has 0 saturated heterocycles. The Kier molecular flexibility index (Phi) is 6.71. The number of halogens is 2. The van der Waals surface area contributed by atoms with Gasteiger partial charge in [-0.2, -0.15) is 0 Å². The number of hydrogen-bond acceptors (Lipinski definition) is 5. The monoisotopic (exact) mass is 421 g/mol. The summed E-state index contributed by atoms with van der Waals surface area (Å²) in [4.78, 5) is 16.1. The van der Waals surface area contributed by atoms with Crippen molar-refractivity contribution in [3.05, 3.63) is 52.8 Å². The van der Waals surface area contributed by atoms with Gasteiger partial charge in [-0.25, -0.2) is 0 Å². The number of carbonyl (C=O) groups excluding carboxylic acids is 1. The minimum absolute atomic E-state index is 0.0477. The highest BCUT2D eigenvalue weighted by Crippen LogP contribution is 2.31. The number of thioether (sulfide) groups is 1. The lowest BCUT2D eigenvalue weighted by Crippen LogP contribution is -2.25. The molecule has 2 aromatic heterocycles. The van der Waals surface area contributed by atoms with Gasteiger partial charge in [0, 0.05) is 24.5 Å². The highest BCUT2D eigenvalue weighted by molar-refractivity contribution is 7.99. The molecule has 0 radical (unpaired) electrons. The van der Waals surface area contributed by atoms with E-state index in [-0.39, 0.29) is 11.7 Å². The van der Waals surface area contributed by atoms with Gasteiger partial charge in [0.2, 0.25) is 5.91 Å². The fourth-order valence-electron chi connectivity index (χ4n) is 2.35. The van der Waals surface area contributed by atoms with Crippen molar-refractivity contribution in [2.75, 3.05) is 12.3 Å². The number of nitrogens with zero attached hydrogens (tertiary/aromatic N) is 4. The van der Waals surface area contributed by atoms with Gasteiger partial charge in [0.1, 0.15) is 0 Å². The Morgan fingerprint density at radius 2 is 2.07 bits per heavy atom. The SMILES string of the molecule is CCCNC(=O)CSc1nnc(-c2cccnc2)n1-c1ccc(Cl)c(Cl)c1. The molecular formula is C18H17Cl2N5OS. The van der Waals surface area contributed by atoms with E-state index in [2.05, 4.69) is 20.5 Å². The van der Waals surface area contributed by atoms with Gasteiger partial charge < -0.3 is 5.32 Å². The van der Waals surface area contributed by atoms with Crippen molar-refractivity contribution in [2.45, 2.75) is 18.5 Å². The molecule has 0 aliphatic heterocycles. The molecule has 3 aromatic rings. The maximum atomic E-state index is 12.0. The predicted octanol–water partition coefficient (Wildman–Crippen LogP) is 4.25. The zero-order valence-electron chi connectivity index (χ0n) is 14.5. The van der Waals surface area contributed by atoms with Crippen LogP contribution in [0.4, 0.5) is 0 Å². The van der Waals surface area contributed by atoms with Crippen molar-refractivity contribution < 1.29 is 4.79 Å². The molecule has 0 unspecified atom stereocenters. The topological polar surface area (TPSA) is 72.7 Å². The number of hydrogen-bond donors (Lipinski definition) is 1. The normalized spacial score (nSPS) is 10.8. The molecule has 27 heavy (non-hydrogen) atoms. The fraction of sp³-hybridized carbons (Fsp3) is 0.222. The molecule has 0 saturated carbocycles. The van der Waals surface area contributed by atoms with Crippen LogP contribution in [0.5, 0.6) is 0 Å². The van der Waals surface area contributed by atoms with Crippen LogP contribution in [0.1, 0.15) is 13.3 Å². The second kappa shape index (κ2) is 9.21. The molecule has 0 fully saturated rings. The van der Waals surface area contributed by atoms with Crippen LogP contribution in [0.25, 0.3) is 17.1 Å². The smallest absolute Gasteiger partial charge is 0.230 e. The third kappa shape index (κ3) is 4.80. The second-order valence-electron chi connectivity index (χ2n) is 5.62. The van der Waals surface area contributed by atoms with Crippen LogP contribution < -0.4 is 5.32 Å². The highest BCUT2D eigenvalue weighted by atomic mass is 35.5. The minimum Gasteiger partial charge on any atom is -0.355 e. The molecule has 6 nitrogen and oxygen atoms in total. The van der Waals surface area contributed by atoms with Gasteiger partial charge in [0.15, 0.2) is 11.0 Å². The standard InChI is InChI=1S/C18H17Cl2N5OS/c1-2-7-22-16(26)11-27-18-24-23-17(12-4-3-8-21-10-12)25(18)13-5-6-14(19)15(20)9-13/h3-6,8-10H,2,7,11H2,1H3,(H,22,26). The van der Waals surface area contributed by atoms with Crippen LogP contribution in [0.15, 0.2) is 47.9 Å². The van der Waals surface area contributed by atoms with Gasteiger partial charge in [0.25, 0.3) is 0 Å². The highest BCUT2D eigenvalue weighted by Gasteiger charge is 2.18. The van der Waals surface area contributed by atoms with Crippen LogP contribution in [-0.2, 0) is 4.79 Å². The number of aromatic nitrogens is 4. The molecule has 3 rings (SSSR count). The minimum atomic E-state index is -0.0477. The summed E-state index contributed by atoms with van der Waals surface area (Å²) in [6.07, 6.45) is 4.29. The van der Waals surface area contributed by atoms with Crippen LogP contribution in [0.3, 0.4) is 0 Å². The first-order valence-electron chi connectivity index (χ1n) is 8.31. The molecule has 0 bridgehead atoms. The molecule has 140 valence electrons. The first kappa shape index (κ1) is 19.7. The van der Waals surface area contributed by atoms with E-state index in [1.807, 2.05) is 29.7 Å². The molecule has 0 atom stereocenters. The Hall–Kier alpha value is -2.09. The fourth-order valence-corrected chi connectivity index (χ4v) is 3.42. The summed E-state index contributed by atoms with van der Waals surface area (Å²) in [6, 6.07) is 9.02. The first-order chi connectivity index (χ1) is 13.1. The summed E-state index contributed by atoms with van der Waals surface area (Å²) in [5.41, 5.74) is 1.56. The number of pyridine rings is 1. The van der Waals surface area contributed by atoms with E-state index in [0.717, 1.165) is 17.7 Å². The number of nitrogens with one attached hydrogen (secondary N) is 1. The summed E-state index contributed by atoms with van der Waals surface area (Å²) in [6.45, 7) is 2.66. The quantitative estimate of drug-likeness (QED) is 0.577. The van der Waals surface area contributed by atoms with E-state index in [1.54, 1.807) is 24.5 Å². The second-order valence-corrected chi connectivity index (χ2v) is 7.38. The average molecular weight is 422 g/mol. The Labute approximate surface area is 171 Å². The summed E-state index contributed by atoms with van der Waals surface area (Å²) in [5.74, 6) is 0.804. The molecule has 1 aromatic carbocycles. The summed E-state index contributed by atoms with van der Waals surface area (Å²) in [5, 5.41) is 12.9. The van der Waals surface area contributed by atoms with Crippen LogP contribution in [0, 0.1) is 0 Å². The Bertz CT molecular complexity index is 933. The van der Waals surface area contributed by atoms with Crippen molar-refractivity contribution in [1.82, 2.24) is 25.1 Å². The first-order valence-corrected chi connectivity index (χ1v) is 10.0. The lowest BCUT2D eigenvalue weighted by Gasteiger charge is -2.11. The van der Waals surface area contributed by atoms with E-state index in [1.165, 1.54) is 11.8 Å². The molecule has 9 heteroatoms. The molecule has 0 aliphatic carbocycles. The van der Waals surface area contributed by atoms with E-state index in [0.29, 0.717) is 27.6 Å². The van der Waals surface area contributed by atoms with Crippen molar-refractivity contribution in [3.63, 3.8) is 0 Å². The summed E-state index contributed by atoms with van der Waals surface area (Å²) < 4.78 is 1.84. The van der Waals surface area contributed by atoms with Crippen LogP contribution in [-0.4, -0.2) is 38.0 Å². The van der Waals surface area contributed by atoms with Gasteiger partial charge in [0.05, 0.1) is 21.5 Å². The maximum Gasteiger partial charge on any atom is 0.230 e. The van der Waals surface area contributed by atoms with Crippen molar-refractivity contribution in [3.8, 4) is 17.1 Å². The average Bonchev–Trinajstić information content (AvgIpc) is 3.11. The lowest BCUT2D eigenvalue weighted by molar-refractivity contribution is -0.118. The third-order valence-electron chi connectivity index (χ3n) is 3.62. The van der Waals surface area contributed by atoms with Crippen molar-refractivity contribution in [2.24, 2.45) is 0 Å².